The minimum atomic E-state index is -1.55. The van der Waals surface area contributed by atoms with Crippen LogP contribution >= 0.6 is 0 Å². The summed E-state index contributed by atoms with van der Waals surface area (Å²) in [7, 11) is 0. The predicted molar refractivity (Wildman–Crippen MR) is 119 cm³/mol. The lowest BCUT2D eigenvalue weighted by atomic mass is 10.2. The molecule has 0 spiro atoms. The molecule has 0 bridgehead atoms. The summed E-state index contributed by atoms with van der Waals surface area (Å²) in [5.41, 5.74) is 15.3. The van der Waals surface area contributed by atoms with Crippen molar-refractivity contribution in [3.8, 4) is 0 Å². The first-order valence-electron chi connectivity index (χ1n) is 10.0. The number of aliphatic imine (C=N–C) groups is 1. The maximum Gasteiger partial charge on any atom is 0.377 e. The molecule has 24 heteroatoms. The third-order valence-corrected chi connectivity index (χ3v) is 3.73. The number of ether oxygens (including phenoxy) is 1. The van der Waals surface area contributed by atoms with E-state index in [0.717, 1.165) is 0 Å². The van der Waals surface area contributed by atoms with Crippen LogP contribution in [0.1, 0.15) is 12.8 Å². The van der Waals surface area contributed by atoms with Crippen molar-refractivity contribution in [3.63, 3.8) is 0 Å². The summed E-state index contributed by atoms with van der Waals surface area (Å²) in [5.74, 6) is -3.77. The molecule has 3 atom stereocenters. The summed E-state index contributed by atoms with van der Waals surface area (Å²) in [6.45, 7) is -1.94. The first kappa shape index (κ1) is 36.2. The van der Waals surface area contributed by atoms with Crippen LogP contribution < -0.4 is 17.2 Å². The normalized spacial score (nSPS) is 15.3. The summed E-state index contributed by atoms with van der Waals surface area (Å²) in [6.07, 6.45) is -3.37. The van der Waals surface area contributed by atoms with Gasteiger partial charge in [-0.05, 0) is 12.8 Å². The molecule has 224 valence electrons. The molecular formula is C15H27N7O17. The number of nitrogens with zero attached hydrogens (tertiary/aromatic N) is 4. The van der Waals surface area contributed by atoms with Crippen LogP contribution in [0.3, 0.4) is 0 Å². The second kappa shape index (κ2) is 19.2. The number of aliphatic hydroxyl groups excluding tert-OH is 4. The number of carbonyl (C=O) groups is 2. The van der Waals surface area contributed by atoms with Crippen LogP contribution in [-0.2, 0) is 28.8 Å². The van der Waals surface area contributed by atoms with Gasteiger partial charge in [0.15, 0.2) is 23.9 Å². The quantitative estimate of drug-likeness (QED) is 0.0229. The van der Waals surface area contributed by atoms with E-state index in [1.807, 2.05) is 0 Å². The summed E-state index contributed by atoms with van der Waals surface area (Å²) in [6, 6.07) is -0.820. The van der Waals surface area contributed by atoms with Crippen LogP contribution in [0, 0.1) is 30.3 Å². The van der Waals surface area contributed by atoms with Gasteiger partial charge in [-0.15, -0.1) is 30.3 Å². The number of guanidine groups is 1. The van der Waals surface area contributed by atoms with Gasteiger partial charge in [-0.3, -0.25) is 9.79 Å². The van der Waals surface area contributed by atoms with Crippen LogP contribution in [-0.4, -0.2) is 109 Å². The number of carboxylic acids is 1. The number of hydrogen-bond acceptors (Lipinski definition) is 18. The van der Waals surface area contributed by atoms with Crippen LogP contribution in [0.15, 0.2) is 16.5 Å². The topological polar surface area (TPSA) is 392 Å². The van der Waals surface area contributed by atoms with Gasteiger partial charge >= 0.3 is 11.9 Å². The van der Waals surface area contributed by atoms with Crippen LogP contribution in [0.4, 0.5) is 0 Å². The average molecular weight is 577 g/mol. The lowest BCUT2D eigenvalue weighted by Gasteiger charge is -2.13. The molecule has 0 aromatic rings. The molecule has 1 heterocycles. The molecule has 0 unspecified atom stereocenters. The molecule has 1 rings (SSSR count). The van der Waals surface area contributed by atoms with Crippen molar-refractivity contribution in [2.75, 3.05) is 26.4 Å². The smallest absolute Gasteiger partial charge is 0.377 e. The van der Waals surface area contributed by atoms with Crippen molar-refractivity contribution >= 4 is 17.9 Å². The van der Waals surface area contributed by atoms with Gasteiger partial charge in [-0.1, -0.05) is 0 Å². The van der Waals surface area contributed by atoms with E-state index in [2.05, 4.69) is 24.2 Å². The Kier molecular flexibility index (Phi) is 17.8. The molecule has 0 amide bonds. The standard InChI is InChI=1S/C6H14N4O2.C6H8O6.C3H5N3O9/c7-4(5(11)12)2-1-3-10-6(8)9;7-1-2(8)5-3(9)4(10)6(11)12-5;7-4(8)13-1-3(15-6(11)12)2-14-5(9)10/h4H,1-3,7H2,(H,11,12)(H4,8,9,10);2,5,7-10H,1H2;3H,1-2H2/t4-;2-,5+;/m00./s1. The Morgan fingerprint density at radius 3 is 1.92 bits per heavy atom. The van der Waals surface area contributed by atoms with E-state index in [4.69, 9.17) is 42.7 Å². The van der Waals surface area contributed by atoms with E-state index in [1.54, 1.807) is 0 Å². The van der Waals surface area contributed by atoms with Gasteiger partial charge in [0.05, 0.1) is 6.61 Å². The number of aliphatic hydroxyl groups is 4. The minimum Gasteiger partial charge on any atom is -0.505 e. The molecule has 0 aliphatic carbocycles. The zero-order chi connectivity index (χ0) is 30.7. The van der Waals surface area contributed by atoms with Gasteiger partial charge in [0.1, 0.15) is 25.4 Å². The first-order valence-corrected chi connectivity index (χ1v) is 10.0. The van der Waals surface area contributed by atoms with Crippen molar-refractivity contribution in [2.45, 2.75) is 37.2 Å². The highest BCUT2D eigenvalue weighted by molar-refractivity contribution is 5.89. The lowest BCUT2D eigenvalue weighted by molar-refractivity contribution is -0.803. The van der Waals surface area contributed by atoms with E-state index in [0.29, 0.717) is 19.4 Å². The maximum atomic E-state index is 10.5. The molecule has 1 aliphatic heterocycles. The minimum absolute atomic E-state index is 0.0129. The van der Waals surface area contributed by atoms with Crippen molar-refractivity contribution in [1.29, 1.82) is 0 Å². The second-order valence-electron chi connectivity index (χ2n) is 6.69. The number of esters is 1. The van der Waals surface area contributed by atoms with Crippen molar-refractivity contribution in [1.82, 2.24) is 0 Å². The average Bonchev–Trinajstić information content (AvgIpc) is 3.10. The van der Waals surface area contributed by atoms with E-state index >= 15 is 0 Å². The highest BCUT2D eigenvalue weighted by atomic mass is 17.0. The Bertz CT molecular complexity index is 876. The largest absolute Gasteiger partial charge is 0.505 e. The fourth-order valence-corrected chi connectivity index (χ4v) is 1.98. The number of carbonyl (C=O) groups excluding carboxylic acids is 1. The predicted octanol–water partition coefficient (Wildman–Crippen LogP) is -3.98. The van der Waals surface area contributed by atoms with Crippen LogP contribution in [0.2, 0.25) is 0 Å². The summed E-state index contributed by atoms with van der Waals surface area (Å²) in [5, 5.41) is 69.0. The van der Waals surface area contributed by atoms with E-state index in [1.165, 1.54) is 0 Å². The Labute approximate surface area is 216 Å². The molecule has 39 heavy (non-hydrogen) atoms. The third kappa shape index (κ3) is 18.0. The maximum absolute atomic E-state index is 10.5. The number of carboxylic acid groups (broad SMARTS) is 1. The lowest BCUT2D eigenvalue weighted by Crippen LogP contribution is -2.31. The van der Waals surface area contributed by atoms with Crippen LogP contribution in [0.25, 0.3) is 0 Å². The van der Waals surface area contributed by atoms with Gasteiger partial charge in [-0.2, -0.15) is 0 Å². The molecular weight excluding hydrogens is 550 g/mol. The van der Waals surface area contributed by atoms with Crippen molar-refractivity contribution in [2.24, 2.45) is 22.2 Å². The highest BCUT2D eigenvalue weighted by Gasteiger charge is 2.38. The van der Waals surface area contributed by atoms with Gasteiger partial charge in [0.25, 0.3) is 15.3 Å². The fraction of sp³-hybridized carbons (Fsp3) is 0.667. The molecule has 0 saturated heterocycles. The Hall–Kier alpha value is -4.97. The van der Waals surface area contributed by atoms with Crippen LogP contribution in [0.5, 0.6) is 0 Å². The zero-order valence-electron chi connectivity index (χ0n) is 19.7. The number of rotatable bonds is 15. The fourth-order valence-electron chi connectivity index (χ4n) is 1.98. The van der Waals surface area contributed by atoms with E-state index in [9.17, 15) is 39.9 Å². The summed E-state index contributed by atoms with van der Waals surface area (Å²) < 4.78 is 4.32. The Morgan fingerprint density at radius 1 is 1.08 bits per heavy atom. The van der Waals surface area contributed by atoms with E-state index < -0.39 is 82.9 Å². The Morgan fingerprint density at radius 2 is 1.59 bits per heavy atom. The summed E-state index contributed by atoms with van der Waals surface area (Å²) in [4.78, 5) is 65.0. The van der Waals surface area contributed by atoms with E-state index in [-0.39, 0.29) is 5.96 Å². The molecule has 1 aliphatic rings. The first-order chi connectivity index (χ1) is 18.0. The van der Waals surface area contributed by atoms with Crippen molar-refractivity contribution in [3.05, 3.63) is 41.9 Å². The molecule has 0 aromatic heterocycles. The molecule has 0 fully saturated rings. The second-order valence-corrected chi connectivity index (χ2v) is 6.69. The van der Waals surface area contributed by atoms with Crippen molar-refractivity contribution < 1.29 is 69.6 Å². The zero-order valence-corrected chi connectivity index (χ0v) is 19.7. The molecule has 0 aromatic carbocycles. The number of hydrogen-bond donors (Lipinski definition) is 8. The summed E-state index contributed by atoms with van der Waals surface area (Å²) >= 11 is 0. The SMILES string of the molecule is NC(N)=NCCC[C@H](N)C(=O)O.O=C1O[C@H]([C@@H](O)CO)C(O)=C1O.O=[N+]([O-])OCC(CO[N+](=O)[O-])O[N+](=O)[O-]. The number of aliphatic carboxylic acids is 1. The molecule has 24 nitrogen and oxygen atoms in total. The number of cyclic esters (lactones) is 1. The molecule has 0 saturated carbocycles. The van der Waals surface area contributed by atoms with Gasteiger partial charge < -0.3 is 62.0 Å². The monoisotopic (exact) mass is 577 g/mol. The van der Waals surface area contributed by atoms with Gasteiger partial charge in [-0.25, -0.2) is 4.79 Å². The van der Waals surface area contributed by atoms with Gasteiger partial charge in [0.2, 0.25) is 5.76 Å². The van der Waals surface area contributed by atoms with Gasteiger partial charge in [0, 0.05) is 6.54 Å². The molecule has 11 N–H and O–H groups in total. The Balaban J connectivity index is 0. The number of nitrogens with two attached hydrogens (primary N) is 3. The third-order valence-electron chi connectivity index (χ3n) is 3.73. The highest BCUT2D eigenvalue weighted by Crippen LogP contribution is 2.20. The molecule has 0 radical (unpaired) electrons.